The Labute approximate surface area is 131 Å². The Kier molecular flexibility index (Phi) is 4.52. The Morgan fingerprint density at radius 3 is 3.00 bits per heavy atom. The zero-order chi connectivity index (χ0) is 15.4. The van der Waals surface area contributed by atoms with Crippen molar-refractivity contribution in [2.45, 2.75) is 26.2 Å². The molecule has 0 aliphatic carbocycles. The predicted octanol–water partition coefficient (Wildman–Crippen LogP) is 3.90. The second-order valence-corrected chi connectivity index (χ2v) is 6.12. The van der Waals surface area contributed by atoms with Gasteiger partial charge in [0.25, 0.3) is 0 Å². The van der Waals surface area contributed by atoms with Gasteiger partial charge in [0.1, 0.15) is 0 Å². The summed E-state index contributed by atoms with van der Waals surface area (Å²) in [4.78, 5) is 18.8. The lowest BCUT2D eigenvalue weighted by atomic mass is 10.0. The highest BCUT2D eigenvalue weighted by Crippen LogP contribution is 2.19. The average molecular weight is 294 g/mol. The van der Waals surface area contributed by atoms with Gasteiger partial charge < -0.3 is 4.90 Å². The second-order valence-electron chi connectivity index (χ2n) is 6.12. The maximum atomic E-state index is 12.4. The number of pyridine rings is 1. The minimum atomic E-state index is 0.113. The third kappa shape index (κ3) is 3.35. The van der Waals surface area contributed by atoms with Gasteiger partial charge in [0, 0.05) is 36.3 Å². The van der Waals surface area contributed by atoms with Crippen LogP contribution in [0.5, 0.6) is 0 Å². The summed E-state index contributed by atoms with van der Waals surface area (Å²) in [6, 6.07) is 10.0. The van der Waals surface area contributed by atoms with Gasteiger partial charge in [-0.25, -0.2) is 0 Å². The van der Waals surface area contributed by atoms with Crippen LogP contribution < -0.4 is 0 Å². The number of fused-ring (bicyclic) bond motifs is 1. The Morgan fingerprint density at radius 2 is 2.09 bits per heavy atom. The molecule has 3 nitrogen and oxygen atoms in total. The average Bonchev–Trinajstić information content (AvgIpc) is 2.77. The Balaban J connectivity index is 1.76. The topological polar surface area (TPSA) is 33.2 Å². The van der Waals surface area contributed by atoms with Crippen LogP contribution in [0.4, 0.5) is 0 Å². The van der Waals surface area contributed by atoms with Gasteiger partial charge in [-0.1, -0.05) is 31.2 Å². The number of hydrogen-bond acceptors (Lipinski definition) is 2. The molecule has 0 radical (unpaired) electrons. The zero-order valence-corrected chi connectivity index (χ0v) is 13.0. The van der Waals surface area contributed by atoms with Crippen molar-refractivity contribution in [3.63, 3.8) is 0 Å². The van der Waals surface area contributed by atoms with Gasteiger partial charge in [-0.2, -0.15) is 0 Å². The number of carbonyl (C=O) groups excluding carboxylic acids is 1. The normalized spacial score (nSPS) is 19.5. The van der Waals surface area contributed by atoms with E-state index in [0.29, 0.717) is 0 Å². The summed E-state index contributed by atoms with van der Waals surface area (Å²) in [7, 11) is 0. The van der Waals surface area contributed by atoms with E-state index < -0.39 is 0 Å². The van der Waals surface area contributed by atoms with E-state index in [1.54, 1.807) is 12.3 Å². The molecule has 1 aliphatic heterocycles. The standard InChI is InChI=1S/C19H22N2O/c1-15-5-4-13-21(14-11-15)18(22)10-9-17-7-2-6-16-8-3-12-20-19(16)17/h2-3,6-10,12,15H,4-5,11,13-14H2,1H3/b10-9+/t15-/m0/s1. The molecule has 1 aromatic heterocycles. The molecule has 2 heterocycles. The summed E-state index contributed by atoms with van der Waals surface area (Å²) in [5, 5.41) is 1.10. The van der Waals surface area contributed by atoms with Crippen molar-refractivity contribution in [1.29, 1.82) is 0 Å². The molecule has 2 aromatic rings. The van der Waals surface area contributed by atoms with Gasteiger partial charge in [-0.3, -0.25) is 9.78 Å². The summed E-state index contributed by atoms with van der Waals surface area (Å²) in [6.07, 6.45) is 8.82. The number of para-hydroxylation sites is 1. The van der Waals surface area contributed by atoms with Crippen LogP contribution >= 0.6 is 0 Å². The molecule has 0 unspecified atom stereocenters. The number of hydrogen-bond donors (Lipinski definition) is 0. The number of aromatic nitrogens is 1. The molecule has 1 amide bonds. The highest BCUT2D eigenvalue weighted by Gasteiger charge is 2.16. The van der Waals surface area contributed by atoms with E-state index in [1.165, 1.54) is 6.42 Å². The van der Waals surface area contributed by atoms with Gasteiger partial charge in [0.05, 0.1) is 5.52 Å². The molecule has 3 heteroatoms. The maximum absolute atomic E-state index is 12.4. The van der Waals surface area contributed by atoms with Crippen molar-refractivity contribution in [3.05, 3.63) is 48.2 Å². The Bertz CT molecular complexity index is 687. The van der Waals surface area contributed by atoms with Crippen LogP contribution in [0, 0.1) is 5.92 Å². The van der Waals surface area contributed by atoms with Crippen LogP contribution in [0.3, 0.4) is 0 Å². The number of rotatable bonds is 2. The fraction of sp³-hybridized carbons (Fsp3) is 0.368. The monoisotopic (exact) mass is 294 g/mol. The first kappa shape index (κ1) is 14.8. The summed E-state index contributed by atoms with van der Waals surface area (Å²) < 4.78 is 0. The number of benzene rings is 1. The summed E-state index contributed by atoms with van der Waals surface area (Å²) in [6.45, 7) is 4.02. The molecule has 1 aliphatic rings. The third-order valence-corrected chi connectivity index (χ3v) is 4.40. The van der Waals surface area contributed by atoms with Crippen LogP contribution in [-0.4, -0.2) is 28.9 Å². The van der Waals surface area contributed by atoms with Gasteiger partial charge >= 0.3 is 0 Å². The molecule has 1 fully saturated rings. The molecule has 1 saturated heterocycles. The molecule has 0 N–H and O–H groups in total. The van der Waals surface area contributed by atoms with E-state index >= 15 is 0 Å². The lowest BCUT2D eigenvalue weighted by molar-refractivity contribution is -0.125. The molecule has 1 aromatic carbocycles. The first-order chi connectivity index (χ1) is 10.7. The maximum Gasteiger partial charge on any atom is 0.246 e. The summed E-state index contributed by atoms with van der Waals surface area (Å²) >= 11 is 0. The first-order valence-corrected chi connectivity index (χ1v) is 8.05. The molecule has 0 saturated carbocycles. The molecular formula is C19H22N2O. The van der Waals surface area contributed by atoms with Crippen molar-refractivity contribution >= 4 is 22.9 Å². The number of carbonyl (C=O) groups is 1. The zero-order valence-electron chi connectivity index (χ0n) is 13.0. The number of amides is 1. The fourth-order valence-corrected chi connectivity index (χ4v) is 3.01. The van der Waals surface area contributed by atoms with E-state index in [9.17, 15) is 4.79 Å². The van der Waals surface area contributed by atoms with Crippen molar-refractivity contribution in [1.82, 2.24) is 9.88 Å². The van der Waals surface area contributed by atoms with Gasteiger partial charge in [-0.05, 0) is 37.3 Å². The summed E-state index contributed by atoms with van der Waals surface area (Å²) in [5.41, 5.74) is 1.94. The van der Waals surface area contributed by atoms with Gasteiger partial charge in [0.2, 0.25) is 5.91 Å². The highest BCUT2D eigenvalue weighted by atomic mass is 16.2. The lowest BCUT2D eigenvalue weighted by Gasteiger charge is -2.18. The number of nitrogens with zero attached hydrogens (tertiary/aromatic N) is 2. The van der Waals surface area contributed by atoms with E-state index in [1.807, 2.05) is 41.3 Å². The van der Waals surface area contributed by atoms with Gasteiger partial charge in [-0.15, -0.1) is 0 Å². The van der Waals surface area contributed by atoms with Gasteiger partial charge in [0.15, 0.2) is 0 Å². The molecule has 114 valence electrons. The van der Waals surface area contributed by atoms with Crippen LogP contribution in [0.15, 0.2) is 42.6 Å². The second kappa shape index (κ2) is 6.73. The fourth-order valence-electron chi connectivity index (χ4n) is 3.01. The molecule has 22 heavy (non-hydrogen) atoms. The van der Waals surface area contributed by atoms with E-state index in [-0.39, 0.29) is 5.91 Å². The lowest BCUT2D eigenvalue weighted by Crippen LogP contribution is -2.30. The van der Waals surface area contributed by atoms with Crippen LogP contribution in [0.2, 0.25) is 0 Å². The molecular weight excluding hydrogens is 272 g/mol. The first-order valence-electron chi connectivity index (χ1n) is 8.05. The van der Waals surface area contributed by atoms with Crippen LogP contribution in [0.25, 0.3) is 17.0 Å². The molecule has 0 bridgehead atoms. The Hall–Kier alpha value is -2.16. The van der Waals surface area contributed by atoms with Crippen LogP contribution in [0.1, 0.15) is 31.7 Å². The van der Waals surface area contributed by atoms with Crippen molar-refractivity contribution in [3.8, 4) is 0 Å². The summed E-state index contributed by atoms with van der Waals surface area (Å²) in [5.74, 6) is 0.839. The van der Waals surface area contributed by atoms with E-state index in [4.69, 9.17) is 0 Å². The quantitative estimate of drug-likeness (QED) is 0.787. The van der Waals surface area contributed by atoms with E-state index in [0.717, 1.165) is 48.3 Å². The smallest absolute Gasteiger partial charge is 0.246 e. The third-order valence-electron chi connectivity index (χ3n) is 4.40. The predicted molar refractivity (Wildman–Crippen MR) is 90.4 cm³/mol. The molecule has 3 rings (SSSR count). The molecule has 1 atom stereocenters. The molecule has 0 spiro atoms. The largest absolute Gasteiger partial charge is 0.339 e. The van der Waals surface area contributed by atoms with Crippen molar-refractivity contribution in [2.75, 3.05) is 13.1 Å². The van der Waals surface area contributed by atoms with Crippen molar-refractivity contribution < 1.29 is 4.79 Å². The minimum Gasteiger partial charge on any atom is -0.339 e. The Morgan fingerprint density at radius 1 is 1.23 bits per heavy atom. The van der Waals surface area contributed by atoms with E-state index in [2.05, 4.69) is 11.9 Å². The minimum absolute atomic E-state index is 0.113. The SMILES string of the molecule is C[C@H]1CCCN(C(=O)/C=C/c2cccc3cccnc23)CC1. The number of likely N-dealkylation sites (tertiary alicyclic amines) is 1. The van der Waals surface area contributed by atoms with Crippen LogP contribution in [-0.2, 0) is 4.79 Å². The van der Waals surface area contributed by atoms with Crippen molar-refractivity contribution in [2.24, 2.45) is 5.92 Å². The highest BCUT2D eigenvalue weighted by molar-refractivity contribution is 5.95.